The molecule has 2 rings (SSSR count). The number of nitrogens with one attached hydrogen (secondary N) is 1. The third kappa shape index (κ3) is 2.90. The molecule has 0 amide bonds. The molecule has 20 heavy (non-hydrogen) atoms. The number of anilines is 3. The Hall–Kier alpha value is -2.10. The largest absolute Gasteiger partial charge is 0.373 e. The van der Waals surface area contributed by atoms with E-state index in [9.17, 15) is 0 Å². The molecule has 4 heteroatoms. The van der Waals surface area contributed by atoms with Gasteiger partial charge in [-0.15, -0.1) is 0 Å². The van der Waals surface area contributed by atoms with Crippen LogP contribution in [0.2, 0.25) is 0 Å². The van der Waals surface area contributed by atoms with E-state index >= 15 is 0 Å². The van der Waals surface area contributed by atoms with Crippen LogP contribution in [0.15, 0.2) is 30.6 Å². The van der Waals surface area contributed by atoms with E-state index in [1.54, 1.807) is 6.33 Å². The van der Waals surface area contributed by atoms with Gasteiger partial charge in [-0.25, -0.2) is 9.97 Å². The van der Waals surface area contributed by atoms with Crippen molar-refractivity contribution in [3.8, 4) is 0 Å². The van der Waals surface area contributed by atoms with E-state index in [1.165, 1.54) is 11.1 Å². The summed E-state index contributed by atoms with van der Waals surface area (Å²) < 4.78 is 0. The van der Waals surface area contributed by atoms with Crippen LogP contribution in [0.4, 0.5) is 17.3 Å². The van der Waals surface area contributed by atoms with Crippen LogP contribution in [0.25, 0.3) is 0 Å². The molecule has 106 valence electrons. The highest BCUT2D eigenvalue weighted by molar-refractivity contribution is 5.67. The van der Waals surface area contributed by atoms with Gasteiger partial charge in [-0.1, -0.05) is 31.0 Å². The summed E-state index contributed by atoms with van der Waals surface area (Å²) in [5.74, 6) is 1.88. The van der Waals surface area contributed by atoms with E-state index < -0.39 is 0 Å². The van der Waals surface area contributed by atoms with Crippen molar-refractivity contribution >= 4 is 17.3 Å². The maximum atomic E-state index is 4.48. The molecule has 0 spiro atoms. The second kappa shape index (κ2) is 6.37. The third-order valence-corrected chi connectivity index (χ3v) is 3.40. The van der Waals surface area contributed by atoms with Crippen LogP contribution in [0.5, 0.6) is 0 Å². The first-order chi connectivity index (χ1) is 9.67. The molecule has 0 bridgehead atoms. The number of aromatic nitrogens is 2. The van der Waals surface area contributed by atoms with E-state index in [2.05, 4.69) is 58.3 Å². The van der Waals surface area contributed by atoms with E-state index in [0.29, 0.717) is 0 Å². The molecule has 0 fully saturated rings. The smallest absolute Gasteiger partial charge is 0.141 e. The first kappa shape index (κ1) is 14.3. The zero-order chi connectivity index (χ0) is 14.5. The van der Waals surface area contributed by atoms with Gasteiger partial charge in [-0.2, -0.15) is 0 Å². The number of nitrogens with zero attached hydrogens (tertiary/aromatic N) is 3. The molecule has 0 atom stereocenters. The molecule has 0 saturated heterocycles. The summed E-state index contributed by atoms with van der Waals surface area (Å²) in [7, 11) is 3.95. The van der Waals surface area contributed by atoms with Gasteiger partial charge in [0.15, 0.2) is 0 Å². The predicted molar refractivity (Wildman–Crippen MR) is 84.8 cm³/mol. The maximum absolute atomic E-state index is 4.48. The van der Waals surface area contributed by atoms with E-state index in [-0.39, 0.29) is 0 Å². The first-order valence-corrected chi connectivity index (χ1v) is 6.99. The van der Waals surface area contributed by atoms with Crippen molar-refractivity contribution in [3.05, 3.63) is 41.7 Å². The minimum Gasteiger partial charge on any atom is -0.373 e. The summed E-state index contributed by atoms with van der Waals surface area (Å²) >= 11 is 0. The number of rotatable bonds is 5. The average Bonchev–Trinajstić information content (AvgIpc) is 2.48. The fraction of sp³-hybridized carbons (Fsp3) is 0.375. The Labute approximate surface area is 120 Å². The van der Waals surface area contributed by atoms with Crippen LogP contribution in [0.3, 0.4) is 0 Å². The van der Waals surface area contributed by atoms with Gasteiger partial charge in [-0.3, -0.25) is 0 Å². The topological polar surface area (TPSA) is 41.1 Å². The van der Waals surface area contributed by atoms with Crippen LogP contribution in [0.1, 0.15) is 24.5 Å². The monoisotopic (exact) mass is 270 g/mol. The Bertz CT molecular complexity index is 563. The van der Waals surface area contributed by atoms with Crippen molar-refractivity contribution in [1.82, 2.24) is 9.97 Å². The minimum atomic E-state index is 0.913. The Kier molecular flexibility index (Phi) is 4.56. The molecule has 0 aliphatic rings. The van der Waals surface area contributed by atoms with Crippen molar-refractivity contribution < 1.29 is 0 Å². The quantitative estimate of drug-likeness (QED) is 0.902. The predicted octanol–water partition coefficient (Wildman–Crippen LogP) is 3.55. The van der Waals surface area contributed by atoms with Crippen molar-refractivity contribution in [2.75, 3.05) is 24.3 Å². The van der Waals surface area contributed by atoms with Crippen molar-refractivity contribution in [2.45, 2.75) is 26.7 Å². The molecular formula is C16H22N4. The SMILES string of the molecule is CCCc1c(NC)ncnc1N(C)c1ccc(C)cc1. The molecule has 2 aromatic rings. The van der Waals surface area contributed by atoms with Crippen LogP contribution < -0.4 is 10.2 Å². The molecule has 4 nitrogen and oxygen atoms in total. The molecule has 1 N–H and O–H groups in total. The van der Waals surface area contributed by atoms with Gasteiger partial charge in [0.1, 0.15) is 18.0 Å². The molecule has 0 aliphatic heterocycles. The van der Waals surface area contributed by atoms with Gasteiger partial charge >= 0.3 is 0 Å². The number of hydrogen-bond donors (Lipinski definition) is 1. The Morgan fingerprint density at radius 2 is 1.85 bits per heavy atom. The summed E-state index contributed by atoms with van der Waals surface area (Å²) in [6.45, 7) is 4.26. The molecule has 0 radical (unpaired) electrons. The number of hydrogen-bond acceptors (Lipinski definition) is 4. The number of aryl methyl sites for hydroxylation is 1. The van der Waals surface area contributed by atoms with Gasteiger partial charge in [-0.05, 0) is 25.5 Å². The molecule has 1 heterocycles. The zero-order valence-electron chi connectivity index (χ0n) is 12.6. The van der Waals surface area contributed by atoms with Crippen LogP contribution in [-0.2, 0) is 6.42 Å². The lowest BCUT2D eigenvalue weighted by Gasteiger charge is -2.22. The molecule has 0 aliphatic carbocycles. The second-order valence-corrected chi connectivity index (χ2v) is 4.92. The second-order valence-electron chi connectivity index (χ2n) is 4.92. The zero-order valence-corrected chi connectivity index (χ0v) is 12.6. The Balaban J connectivity index is 2.42. The van der Waals surface area contributed by atoms with Gasteiger partial charge < -0.3 is 10.2 Å². The van der Waals surface area contributed by atoms with Gasteiger partial charge in [0.2, 0.25) is 0 Å². The summed E-state index contributed by atoms with van der Waals surface area (Å²) in [4.78, 5) is 10.9. The lowest BCUT2D eigenvalue weighted by Crippen LogP contribution is -2.15. The lowest BCUT2D eigenvalue weighted by molar-refractivity contribution is 0.893. The fourth-order valence-corrected chi connectivity index (χ4v) is 2.28. The lowest BCUT2D eigenvalue weighted by atomic mass is 10.1. The van der Waals surface area contributed by atoms with Crippen molar-refractivity contribution in [3.63, 3.8) is 0 Å². The van der Waals surface area contributed by atoms with Crippen LogP contribution in [-0.4, -0.2) is 24.1 Å². The first-order valence-electron chi connectivity index (χ1n) is 6.99. The van der Waals surface area contributed by atoms with Crippen LogP contribution in [0, 0.1) is 6.92 Å². The standard InChI is InChI=1S/C16H22N4/c1-5-6-14-15(17-3)18-11-19-16(14)20(4)13-9-7-12(2)8-10-13/h7-11H,5-6H2,1-4H3,(H,17,18,19). The summed E-state index contributed by atoms with van der Waals surface area (Å²) in [6, 6.07) is 8.47. The van der Waals surface area contributed by atoms with E-state index in [0.717, 1.165) is 30.2 Å². The molecule has 1 aromatic carbocycles. The molecule has 1 aromatic heterocycles. The molecule has 0 saturated carbocycles. The average molecular weight is 270 g/mol. The maximum Gasteiger partial charge on any atom is 0.141 e. The minimum absolute atomic E-state index is 0.913. The normalized spacial score (nSPS) is 10.4. The summed E-state index contributed by atoms with van der Waals surface area (Å²) in [6.07, 6.45) is 3.64. The molecular weight excluding hydrogens is 248 g/mol. The highest BCUT2D eigenvalue weighted by atomic mass is 15.2. The highest BCUT2D eigenvalue weighted by Crippen LogP contribution is 2.29. The Morgan fingerprint density at radius 3 is 2.45 bits per heavy atom. The van der Waals surface area contributed by atoms with Crippen molar-refractivity contribution in [2.24, 2.45) is 0 Å². The summed E-state index contributed by atoms with van der Waals surface area (Å²) in [5, 5.41) is 3.16. The van der Waals surface area contributed by atoms with Crippen molar-refractivity contribution in [1.29, 1.82) is 0 Å². The third-order valence-electron chi connectivity index (χ3n) is 3.40. The van der Waals surface area contributed by atoms with Crippen LogP contribution >= 0.6 is 0 Å². The van der Waals surface area contributed by atoms with E-state index in [4.69, 9.17) is 0 Å². The van der Waals surface area contributed by atoms with Gasteiger partial charge in [0, 0.05) is 25.3 Å². The molecule has 0 unspecified atom stereocenters. The fourth-order valence-electron chi connectivity index (χ4n) is 2.28. The highest BCUT2D eigenvalue weighted by Gasteiger charge is 2.14. The van der Waals surface area contributed by atoms with E-state index in [1.807, 2.05) is 14.1 Å². The summed E-state index contributed by atoms with van der Waals surface area (Å²) in [5.41, 5.74) is 3.56. The Morgan fingerprint density at radius 1 is 1.15 bits per heavy atom. The number of benzene rings is 1. The van der Waals surface area contributed by atoms with Gasteiger partial charge in [0.05, 0.1) is 0 Å². The van der Waals surface area contributed by atoms with Gasteiger partial charge in [0.25, 0.3) is 0 Å².